The van der Waals surface area contributed by atoms with Crippen LogP contribution in [0, 0.1) is 5.92 Å². The molecule has 154 valence electrons. The highest BCUT2D eigenvalue weighted by atomic mass is 19.3. The van der Waals surface area contributed by atoms with Crippen molar-refractivity contribution in [1.29, 1.82) is 0 Å². The average Bonchev–Trinajstić information content (AvgIpc) is 2.90. The minimum atomic E-state index is -4.13. The molecule has 0 unspecified atom stereocenters. The zero-order valence-corrected chi connectivity index (χ0v) is 13.8. The van der Waals surface area contributed by atoms with Crippen LogP contribution in [0.3, 0.4) is 0 Å². The van der Waals surface area contributed by atoms with Crippen molar-refractivity contribution in [3.8, 4) is 0 Å². The molecule has 10 atom stereocenters. The molecule has 0 bridgehead atoms. The Hall–Kier alpha value is -0.540. The van der Waals surface area contributed by atoms with Crippen molar-refractivity contribution in [1.82, 2.24) is 0 Å². The highest BCUT2D eigenvalue weighted by Gasteiger charge is 2.65. The quantitative estimate of drug-likeness (QED) is 0.238. The van der Waals surface area contributed by atoms with Gasteiger partial charge in [-0.1, -0.05) is 0 Å². The third-order valence-electron chi connectivity index (χ3n) is 4.81. The fourth-order valence-corrected chi connectivity index (χ4v) is 3.37. The van der Waals surface area contributed by atoms with Crippen molar-refractivity contribution in [3.05, 3.63) is 0 Å². The van der Waals surface area contributed by atoms with Gasteiger partial charge in [-0.05, 0) is 0 Å². The Morgan fingerprint density at radius 2 is 1.62 bits per heavy atom. The third kappa shape index (κ3) is 3.58. The summed E-state index contributed by atoms with van der Waals surface area (Å²) in [4.78, 5) is 0. The number of alkyl halides is 2. The number of ether oxygens (including phenoxy) is 3. The number of hydrogen-bond donors (Lipinski definition) is 7. The first-order valence-electron chi connectivity index (χ1n) is 7.95. The molecular formula is C14H24F2O10. The molecule has 0 aromatic carbocycles. The van der Waals surface area contributed by atoms with E-state index in [1.165, 1.54) is 0 Å². The van der Waals surface area contributed by atoms with Gasteiger partial charge in [0, 0.05) is 7.11 Å². The lowest BCUT2D eigenvalue weighted by molar-refractivity contribution is -0.326. The number of rotatable bonds is 6. The Kier molecular flexibility index (Phi) is 6.88. The first-order valence-corrected chi connectivity index (χ1v) is 7.95. The summed E-state index contributed by atoms with van der Waals surface area (Å²) in [6.45, 7) is -1.75. The Morgan fingerprint density at radius 1 is 1.00 bits per heavy atom. The zero-order chi connectivity index (χ0) is 19.8. The lowest BCUT2D eigenvalue weighted by Gasteiger charge is -2.45. The van der Waals surface area contributed by atoms with Crippen LogP contribution in [-0.2, 0) is 14.2 Å². The van der Waals surface area contributed by atoms with Crippen molar-refractivity contribution in [3.63, 3.8) is 0 Å². The van der Waals surface area contributed by atoms with Crippen LogP contribution < -0.4 is 0 Å². The van der Waals surface area contributed by atoms with Crippen LogP contribution in [0.25, 0.3) is 0 Å². The summed E-state index contributed by atoms with van der Waals surface area (Å²) in [7, 11) is 1.06. The topological polar surface area (TPSA) is 169 Å². The van der Waals surface area contributed by atoms with Gasteiger partial charge < -0.3 is 50.0 Å². The Balaban J connectivity index is 2.31. The van der Waals surface area contributed by atoms with E-state index in [2.05, 4.69) is 0 Å². The molecule has 2 rings (SSSR count). The molecule has 2 aliphatic heterocycles. The smallest absolute Gasteiger partial charge is 0.284 e. The summed E-state index contributed by atoms with van der Waals surface area (Å²) in [5, 5.41) is 67.6. The van der Waals surface area contributed by atoms with E-state index in [-0.39, 0.29) is 0 Å². The number of aliphatic hydroxyl groups is 7. The highest BCUT2D eigenvalue weighted by Crippen LogP contribution is 2.44. The second-order valence-corrected chi connectivity index (χ2v) is 6.40. The van der Waals surface area contributed by atoms with E-state index in [9.17, 15) is 30.6 Å². The predicted octanol–water partition coefficient (Wildman–Crippen LogP) is -3.83. The molecule has 2 heterocycles. The minimum absolute atomic E-state index is 0.844. The number of halogens is 2. The number of aliphatic hydroxyl groups excluding tert-OH is 7. The van der Waals surface area contributed by atoms with Crippen LogP contribution in [0.1, 0.15) is 0 Å². The summed E-state index contributed by atoms with van der Waals surface area (Å²) in [5.41, 5.74) is 0. The SMILES string of the molecule is CO[C@@H]1O[C@H](CO)[C@@H](O)[C@H](C(F)(F)[C@H]2O[C@@H]([C@H](O)CO)[C@H](O)[C@H]2O)[C@H]1O. The van der Waals surface area contributed by atoms with Gasteiger partial charge in [0.05, 0.1) is 25.2 Å². The molecule has 10 nitrogen and oxygen atoms in total. The largest absolute Gasteiger partial charge is 0.394 e. The maximum absolute atomic E-state index is 15.0. The van der Waals surface area contributed by atoms with E-state index in [4.69, 9.17) is 19.3 Å². The zero-order valence-electron chi connectivity index (χ0n) is 13.8. The van der Waals surface area contributed by atoms with Crippen LogP contribution in [-0.4, -0.2) is 117 Å². The molecule has 26 heavy (non-hydrogen) atoms. The van der Waals surface area contributed by atoms with Gasteiger partial charge in [-0.2, -0.15) is 0 Å². The molecule has 0 saturated carbocycles. The van der Waals surface area contributed by atoms with Gasteiger partial charge in [-0.25, -0.2) is 8.78 Å². The van der Waals surface area contributed by atoms with E-state index in [0.717, 1.165) is 7.11 Å². The van der Waals surface area contributed by atoms with Gasteiger partial charge in [0.25, 0.3) is 5.92 Å². The van der Waals surface area contributed by atoms with Gasteiger partial charge in [0.15, 0.2) is 12.4 Å². The van der Waals surface area contributed by atoms with Gasteiger partial charge in [-0.3, -0.25) is 0 Å². The summed E-state index contributed by atoms with van der Waals surface area (Å²) in [6.07, 6.45) is -17.1. The molecule has 0 aromatic heterocycles. The van der Waals surface area contributed by atoms with E-state index in [0.29, 0.717) is 0 Å². The standard InChI is InChI=1S/C14H24F2O10/c1-24-13-8(21)6(7(20)5(3-18)25-13)14(15,16)12-10(23)9(22)11(26-12)4(19)2-17/h4-13,17-23H,2-3H2,1H3/t4-,5-,6+,7-,8-,9-,10-,11+,12+,13-/m1/s1. The summed E-state index contributed by atoms with van der Waals surface area (Å²) in [6, 6.07) is 0. The molecule has 0 aromatic rings. The molecule has 2 fully saturated rings. The molecular weight excluding hydrogens is 366 g/mol. The Bertz CT molecular complexity index is 453. The number of methoxy groups -OCH3 is 1. The van der Waals surface area contributed by atoms with Crippen molar-refractivity contribution in [2.45, 2.75) is 61.0 Å². The monoisotopic (exact) mass is 390 g/mol. The normalized spacial score (nSPS) is 45.7. The third-order valence-corrected chi connectivity index (χ3v) is 4.81. The maximum atomic E-state index is 15.0. The molecule has 0 spiro atoms. The van der Waals surface area contributed by atoms with Gasteiger partial charge in [0.2, 0.25) is 0 Å². The molecule has 0 amide bonds. The molecule has 0 aliphatic carbocycles. The average molecular weight is 390 g/mol. The van der Waals surface area contributed by atoms with Crippen molar-refractivity contribution < 1.29 is 58.7 Å². The molecule has 0 radical (unpaired) electrons. The van der Waals surface area contributed by atoms with Crippen LogP contribution >= 0.6 is 0 Å². The number of hydrogen-bond acceptors (Lipinski definition) is 10. The van der Waals surface area contributed by atoms with E-state index in [1.807, 2.05) is 0 Å². The maximum Gasteiger partial charge on any atom is 0.284 e. The van der Waals surface area contributed by atoms with Crippen LogP contribution in [0.2, 0.25) is 0 Å². The van der Waals surface area contributed by atoms with E-state index < -0.39 is 80.2 Å². The van der Waals surface area contributed by atoms with E-state index in [1.54, 1.807) is 0 Å². The van der Waals surface area contributed by atoms with Crippen LogP contribution in [0.5, 0.6) is 0 Å². The summed E-state index contributed by atoms with van der Waals surface area (Å²) < 4.78 is 44.7. The lowest BCUT2D eigenvalue weighted by Crippen LogP contribution is -2.64. The predicted molar refractivity (Wildman–Crippen MR) is 77.0 cm³/mol. The molecule has 2 aliphatic rings. The Morgan fingerprint density at radius 3 is 2.12 bits per heavy atom. The Labute approximate surface area is 147 Å². The second kappa shape index (κ2) is 8.22. The first-order chi connectivity index (χ1) is 12.1. The van der Waals surface area contributed by atoms with Crippen molar-refractivity contribution >= 4 is 0 Å². The molecule has 2 saturated heterocycles. The molecule has 12 heteroatoms. The highest BCUT2D eigenvalue weighted by molar-refractivity contribution is 5.06. The minimum Gasteiger partial charge on any atom is -0.394 e. The van der Waals surface area contributed by atoms with Crippen LogP contribution in [0.4, 0.5) is 8.78 Å². The molecule has 7 N–H and O–H groups in total. The fourth-order valence-electron chi connectivity index (χ4n) is 3.37. The van der Waals surface area contributed by atoms with Gasteiger partial charge >= 0.3 is 0 Å². The first kappa shape index (κ1) is 21.8. The van der Waals surface area contributed by atoms with Gasteiger partial charge in [-0.15, -0.1) is 0 Å². The van der Waals surface area contributed by atoms with E-state index >= 15 is 8.78 Å². The van der Waals surface area contributed by atoms with Crippen molar-refractivity contribution in [2.24, 2.45) is 5.92 Å². The second-order valence-electron chi connectivity index (χ2n) is 6.40. The van der Waals surface area contributed by atoms with Gasteiger partial charge in [0.1, 0.15) is 36.6 Å². The lowest BCUT2D eigenvalue weighted by atomic mass is 9.80. The van der Waals surface area contributed by atoms with Crippen molar-refractivity contribution in [2.75, 3.05) is 20.3 Å². The fraction of sp³-hybridized carbons (Fsp3) is 1.00. The summed E-state index contributed by atoms with van der Waals surface area (Å²) >= 11 is 0. The van der Waals surface area contributed by atoms with Crippen LogP contribution in [0.15, 0.2) is 0 Å². The summed E-state index contributed by atoms with van der Waals surface area (Å²) in [5.74, 6) is -6.41.